The van der Waals surface area contributed by atoms with E-state index in [-0.39, 0.29) is 34.2 Å². The minimum atomic E-state index is -1.33. The van der Waals surface area contributed by atoms with Crippen molar-refractivity contribution in [2.45, 2.75) is 170 Å². The fourth-order valence-corrected chi connectivity index (χ4v) is 13.1. The zero-order valence-corrected chi connectivity index (χ0v) is 34.2. The van der Waals surface area contributed by atoms with Gasteiger partial charge in [0.2, 0.25) is 0 Å². The van der Waals surface area contributed by atoms with Gasteiger partial charge in [-0.2, -0.15) is 0 Å². The number of ether oxygens (including phenoxy) is 5. The normalized spacial score (nSPS) is 42.7. The Kier molecular flexibility index (Phi) is 10.8. The summed E-state index contributed by atoms with van der Waals surface area (Å²) in [5.41, 5.74) is 0.519. The van der Waals surface area contributed by atoms with Crippen LogP contribution in [0.4, 0.5) is 0 Å². The van der Waals surface area contributed by atoms with Crippen LogP contribution < -0.4 is 0 Å². The Morgan fingerprint density at radius 2 is 1.39 bits per heavy atom. The second-order valence-electron chi connectivity index (χ2n) is 19.6. The van der Waals surface area contributed by atoms with Crippen molar-refractivity contribution in [2.24, 2.45) is 50.7 Å². The summed E-state index contributed by atoms with van der Waals surface area (Å²) < 4.78 is 29.2. The first-order valence-corrected chi connectivity index (χ1v) is 20.3. The Balaban J connectivity index is 1.41. The topological polar surface area (TPSA) is 152 Å². The van der Waals surface area contributed by atoms with E-state index in [0.717, 1.165) is 51.4 Å². The van der Waals surface area contributed by atoms with Crippen molar-refractivity contribution in [2.75, 3.05) is 6.61 Å². The molecule has 11 nitrogen and oxygen atoms in total. The highest BCUT2D eigenvalue weighted by Gasteiger charge is 2.67. The number of hydrogen-bond acceptors (Lipinski definition) is 11. The maximum absolute atomic E-state index is 13.2. The Hall–Kier alpha value is -2.79. The van der Waals surface area contributed by atoms with Crippen LogP contribution in [0.3, 0.4) is 0 Å². The SMILES string of the molecule is CC(=O)OCC1O[C@@H](C(O)[C@@]23CCC4C(=CCC5[C@@]4(C)CCC4C(C)(C)C(=O)CC[C@@]45C)C2CC(C)(C)CC3)C(OC(C)=O)C(OC(C)=O)[C@@H]1OC(C)=O. The number of ketones is 1. The van der Waals surface area contributed by atoms with Gasteiger partial charge in [-0.1, -0.05) is 53.2 Å². The predicted molar refractivity (Wildman–Crippen MR) is 197 cm³/mol. The summed E-state index contributed by atoms with van der Waals surface area (Å²) in [7, 11) is 0. The number of carbonyl (C=O) groups is 5. The number of hydrogen-bond donors (Lipinski definition) is 1. The van der Waals surface area contributed by atoms with E-state index in [0.29, 0.717) is 36.4 Å². The molecule has 8 unspecified atom stereocenters. The minimum absolute atomic E-state index is 0.00698. The number of esters is 4. The van der Waals surface area contributed by atoms with E-state index in [1.54, 1.807) is 0 Å². The van der Waals surface area contributed by atoms with Gasteiger partial charge < -0.3 is 28.8 Å². The summed E-state index contributed by atoms with van der Waals surface area (Å²) in [6.45, 7) is 18.4. The van der Waals surface area contributed by atoms with Gasteiger partial charge in [-0.15, -0.1) is 0 Å². The lowest BCUT2D eigenvalue weighted by atomic mass is 9.37. The Morgan fingerprint density at radius 3 is 2.02 bits per heavy atom. The highest BCUT2D eigenvalue weighted by atomic mass is 16.7. The van der Waals surface area contributed by atoms with Crippen LogP contribution in [-0.2, 0) is 47.7 Å². The van der Waals surface area contributed by atoms with Crippen LogP contribution in [0.1, 0.15) is 133 Å². The Bertz CT molecular complexity index is 1560. The molecule has 6 aliphatic rings. The van der Waals surface area contributed by atoms with E-state index in [1.165, 1.54) is 33.3 Å². The molecule has 1 saturated heterocycles. The summed E-state index contributed by atoms with van der Waals surface area (Å²) >= 11 is 0. The van der Waals surface area contributed by atoms with Gasteiger partial charge in [0, 0.05) is 44.9 Å². The van der Waals surface area contributed by atoms with Crippen molar-refractivity contribution in [3.05, 3.63) is 11.6 Å². The molecule has 302 valence electrons. The molecule has 1 heterocycles. The van der Waals surface area contributed by atoms with E-state index < -0.39 is 65.9 Å². The molecule has 11 heteroatoms. The third-order valence-electron chi connectivity index (χ3n) is 15.6. The van der Waals surface area contributed by atoms with E-state index in [9.17, 15) is 29.1 Å². The summed E-state index contributed by atoms with van der Waals surface area (Å²) in [6.07, 6.45) is 3.72. The lowest BCUT2D eigenvalue weighted by molar-refractivity contribution is -0.281. The molecule has 54 heavy (non-hydrogen) atoms. The molecule has 5 fully saturated rings. The van der Waals surface area contributed by atoms with Crippen molar-refractivity contribution < 1.29 is 52.8 Å². The molecule has 6 rings (SSSR count). The number of Topliss-reactive ketones (excluding diaryl/α,β-unsaturated/α-hetero) is 1. The van der Waals surface area contributed by atoms with Gasteiger partial charge in [0.25, 0.3) is 0 Å². The monoisotopic (exact) mass is 756 g/mol. The van der Waals surface area contributed by atoms with E-state index in [4.69, 9.17) is 23.7 Å². The first-order valence-electron chi connectivity index (χ1n) is 20.3. The van der Waals surface area contributed by atoms with Crippen LogP contribution in [-0.4, -0.2) is 78.0 Å². The maximum Gasteiger partial charge on any atom is 0.303 e. The van der Waals surface area contributed by atoms with Crippen LogP contribution in [0.25, 0.3) is 0 Å². The van der Waals surface area contributed by atoms with Crippen LogP contribution >= 0.6 is 0 Å². The standard InChI is InChI=1S/C43H64O11/c1-23(44)50-22-30-34(51-24(2)45)35(52-25(3)46)36(53-26(4)47)37(54-30)38(49)43-18-13-28-27(29(43)21-39(5,6)19-20-43)11-12-32-41(28,9)16-14-31-40(7,8)33(48)15-17-42(31,32)10/h11,28-32,34-38,49H,12-22H2,1-10H3/t28?,29?,30?,31?,32?,34-,35?,36?,37-,38?,41+,42+,43-/m1/s1. The average Bonchev–Trinajstić information content (AvgIpc) is 3.06. The molecule has 1 N–H and O–H groups in total. The van der Waals surface area contributed by atoms with E-state index in [2.05, 4.69) is 47.6 Å². The third kappa shape index (κ3) is 6.85. The van der Waals surface area contributed by atoms with Gasteiger partial charge in [0.1, 0.15) is 24.6 Å². The molecule has 0 aromatic heterocycles. The number of allylic oxidation sites excluding steroid dienone is 2. The van der Waals surface area contributed by atoms with Crippen LogP contribution in [0, 0.1) is 50.7 Å². The molecule has 13 atom stereocenters. The molecule has 1 aliphatic heterocycles. The lowest BCUT2D eigenvalue weighted by Gasteiger charge is -2.68. The molecule has 0 bridgehead atoms. The molecular formula is C43H64O11. The molecule has 0 aromatic rings. The first-order chi connectivity index (χ1) is 25.1. The zero-order chi connectivity index (χ0) is 39.8. The second-order valence-corrected chi connectivity index (χ2v) is 19.6. The fourth-order valence-electron chi connectivity index (χ4n) is 13.1. The Morgan fingerprint density at radius 1 is 0.759 bits per heavy atom. The third-order valence-corrected chi connectivity index (χ3v) is 15.6. The number of carbonyl (C=O) groups excluding carboxylic acids is 5. The number of fused-ring (bicyclic) bond motifs is 7. The van der Waals surface area contributed by atoms with Crippen molar-refractivity contribution in [3.63, 3.8) is 0 Å². The molecule has 0 aromatic carbocycles. The number of rotatable bonds is 7. The Labute approximate surface area is 321 Å². The molecule has 0 amide bonds. The van der Waals surface area contributed by atoms with Gasteiger partial charge in [-0.25, -0.2) is 0 Å². The molecule has 4 saturated carbocycles. The van der Waals surface area contributed by atoms with Gasteiger partial charge in [0.05, 0.1) is 6.10 Å². The van der Waals surface area contributed by atoms with E-state index >= 15 is 0 Å². The van der Waals surface area contributed by atoms with Crippen LogP contribution in [0.15, 0.2) is 11.6 Å². The summed E-state index contributed by atoms with van der Waals surface area (Å²) in [5.74, 6) is -1.14. The van der Waals surface area contributed by atoms with Gasteiger partial charge in [-0.05, 0) is 97.7 Å². The van der Waals surface area contributed by atoms with Crippen molar-refractivity contribution in [1.29, 1.82) is 0 Å². The highest BCUT2D eigenvalue weighted by Crippen LogP contribution is 2.72. The van der Waals surface area contributed by atoms with Gasteiger partial charge >= 0.3 is 23.9 Å². The molecule has 0 radical (unpaired) electrons. The predicted octanol–water partition coefficient (Wildman–Crippen LogP) is 6.45. The maximum atomic E-state index is 13.2. The molecule has 5 aliphatic carbocycles. The zero-order valence-electron chi connectivity index (χ0n) is 34.2. The van der Waals surface area contributed by atoms with Crippen molar-refractivity contribution in [3.8, 4) is 0 Å². The highest BCUT2D eigenvalue weighted by molar-refractivity contribution is 5.85. The lowest BCUT2D eigenvalue weighted by Crippen LogP contribution is -2.68. The quantitative estimate of drug-likeness (QED) is 0.173. The van der Waals surface area contributed by atoms with E-state index in [1.807, 2.05) is 0 Å². The summed E-state index contributed by atoms with van der Waals surface area (Å²) in [5, 5.41) is 13.0. The van der Waals surface area contributed by atoms with Gasteiger partial charge in [0.15, 0.2) is 18.3 Å². The number of aliphatic hydroxyl groups is 1. The number of aliphatic hydroxyl groups excluding tert-OH is 1. The van der Waals surface area contributed by atoms with Crippen LogP contribution in [0.2, 0.25) is 0 Å². The smallest absolute Gasteiger partial charge is 0.303 e. The van der Waals surface area contributed by atoms with Crippen LogP contribution in [0.5, 0.6) is 0 Å². The second kappa shape index (κ2) is 14.3. The minimum Gasteiger partial charge on any atom is -0.463 e. The summed E-state index contributed by atoms with van der Waals surface area (Å²) in [6, 6.07) is 0. The van der Waals surface area contributed by atoms with Gasteiger partial charge in [-0.3, -0.25) is 24.0 Å². The molecular weight excluding hydrogens is 692 g/mol. The summed E-state index contributed by atoms with van der Waals surface area (Å²) in [4.78, 5) is 62.8. The molecule has 0 spiro atoms. The largest absolute Gasteiger partial charge is 0.463 e. The fraction of sp³-hybridized carbons (Fsp3) is 0.837. The average molecular weight is 757 g/mol. The first kappa shape index (κ1) is 40.9. The van der Waals surface area contributed by atoms with Crippen molar-refractivity contribution >= 4 is 29.7 Å². The van der Waals surface area contributed by atoms with Crippen molar-refractivity contribution in [1.82, 2.24) is 0 Å².